The first-order valence-corrected chi connectivity index (χ1v) is 14.4. The first-order valence-electron chi connectivity index (χ1n) is 14.4. The average Bonchev–Trinajstić information content (AvgIpc) is 2.79. The van der Waals surface area contributed by atoms with Gasteiger partial charge in [-0.05, 0) is 90.8 Å². The second-order valence-electron chi connectivity index (χ2n) is 14.9. The molecule has 3 fully saturated rings. The zero-order valence-corrected chi connectivity index (χ0v) is 24.1. The van der Waals surface area contributed by atoms with E-state index in [-0.39, 0.29) is 45.2 Å². The van der Waals surface area contributed by atoms with Crippen molar-refractivity contribution < 1.29 is 14.3 Å². The zero-order chi connectivity index (χ0) is 26.7. The minimum atomic E-state index is -0.583. The zero-order valence-electron chi connectivity index (χ0n) is 24.1. The van der Waals surface area contributed by atoms with Crippen LogP contribution in [0.1, 0.15) is 106 Å². The van der Waals surface area contributed by atoms with Crippen molar-refractivity contribution in [2.75, 3.05) is 13.7 Å². The lowest BCUT2D eigenvalue weighted by atomic mass is 9.35. The summed E-state index contributed by atoms with van der Waals surface area (Å²) in [6.45, 7) is 16.7. The van der Waals surface area contributed by atoms with Gasteiger partial charge in [0.05, 0.1) is 5.57 Å². The lowest BCUT2D eigenvalue weighted by Crippen LogP contribution is -2.65. The van der Waals surface area contributed by atoms with Crippen LogP contribution in [0.2, 0.25) is 0 Å². The molecule has 4 rings (SSSR count). The molecule has 0 N–H and O–H groups in total. The number of hydrogen-bond acceptors (Lipinski definition) is 4. The van der Waals surface area contributed by atoms with Crippen molar-refractivity contribution in [1.29, 1.82) is 5.26 Å². The summed E-state index contributed by atoms with van der Waals surface area (Å²) in [5.41, 5.74) is -0.516. The van der Waals surface area contributed by atoms with Crippen molar-refractivity contribution in [3.05, 3.63) is 11.6 Å². The normalized spacial score (nSPS) is 44.4. The predicted octanol–water partition coefficient (Wildman–Crippen LogP) is 7.32. The molecule has 4 aliphatic carbocycles. The molecule has 0 amide bonds. The summed E-state index contributed by atoms with van der Waals surface area (Å²) in [6.07, 6.45) is 11.2. The molecule has 1 unspecified atom stereocenters. The maximum atomic E-state index is 14.1. The largest absolute Gasteiger partial charge is 0.384 e. The Hall–Kier alpha value is -1.47. The SMILES string of the molecule is COC[C@H]1CCC(C)(C)CCC2C(=O)C[C@@H]3[C@@]4(C)C=C(C#N)C(=O)C(C)(C)[C@@H]4CC[C@@]3(C)[C@]2(C)CC1. The molecular formula is C32H49NO3. The van der Waals surface area contributed by atoms with Crippen molar-refractivity contribution in [1.82, 2.24) is 0 Å². The topological polar surface area (TPSA) is 67.2 Å². The minimum Gasteiger partial charge on any atom is -0.384 e. The maximum Gasteiger partial charge on any atom is 0.178 e. The number of carbonyl (C=O) groups is 2. The van der Waals surface area contributed by atoms with Crippen LogP contribution in [0.3, 0.4) is 0 Å². The van der Waals surface area contributed by atoms with Gasteiger partial charge in [0.25, 0.3) is 0 Å². The van der Waals surface area contributed by atoms with E-state index in [1.165, 1.54) is 12.8 Å². The highest BCUT2D eigenvalue weighted by atomic mass is 16.5. The minimum absolute atomic E-state index is 0.0225. The van der Waals surface area contributed by atoms with E-state index in [2.05, 4.69) is 40.7 Å². The molecule has 0 aliphatic heterocycles. The van der Waals surface area contributed by atoms with Crippen LogP contribution in [0.4, 0.5) is 0 Å². The summed E-state index contributed by atoms with van der Waals surface area (Å²) in [5.74, 6) is 1.29. The third-order valence-corrected chi connectivity index (χ3v) is 12.2. The Morgan fingerprint density at radius 2 is 1.50 bits per heavy atom. The molecule has 0 spiro atoms. The van der Waals surface area contributed by atoms with Gasteiger partial charge in [-0.3, -0.25) is 9.59 Å². The second-order valence-corrected chi connectivity index (χ2v) is 14.9. The van der Waals surface area contributed by atoms with Gasteiger partial charge in [-0.2, -0.15) is 5.26 Å². The van der Waals surface area contributed by atoms with Gasteiger partial charge in [-0.15, -0.1) is 0 Å². The quantitative estimate of drug-likeness (QED) is 0.402. The first-order chi connectivity index (χ1) is 16.7. The molecule has 3 saturated carbocycles. The molecule has 4 nitrogen and oxygen atoms in total. The number of fused-ring (bicyclic) bond motifs is 5. The summed E-state index contributed by atoms with van der Waals surface area (Å²) in [5, 5.41) is 9.89. The highest BCUT2D eigenvalue weighted by Crippen LogP contribution is 2.72. The number of nitrogens with zero attached hydrogens (tertiary/aromatic N) is 1. The fourth-order valence-corrected chi connectivity index (χ4v) is 9.63. The summed E-state index contributed by atoms with van der Waals surface area (Å²) in [6, 6.07) is 2.23. The van der Waals surface area contributed by atoms with E-state index in [1.54, 1.807) is 0 Å². The molecule has 0 aromatic carbocycles. The average molecular weight is 496 g/mol. The summed E-state index contributed by atoms with van der Waals surface area (Å²) in [7, 11) is 1.81. The fraction of sp³-hybridized carbons (Fsp3) is 0.844. The molecule has 0 aromatic rings. The number of ketones is 2. The summed E-state index contributed by atoms with van der Waals surface area (Å²) in [4.78, 5) is 27.3. The van der Waals surface area contributed by atoms with Crippen LogP contribution < -0.4 is 0 Å². The van der Waals surface area contributed by atoms with Crippen LogP contribution in [0.5, 0.6) is 0 Å². The highest BCUT2D eigenvalue weighted by molar-refractivity contribution is 6.04. The van der Waals surface area contributed by atoms with E-state index in [0.717, 1.165) is 45.1 Å². The van der Waals surface area contributed by atoms with E-state index in [9.17, 15) is 14.9 Å². The number of rotatable bonds is 2. The molecule has 0 bridgehead atoms. The van der Waals surface area contributed by atoms with Crippen molar-refractivity contribution in [3.8, 4) is 6.07 Å². The van der Waals surface area contributed by atoms with Crippen molar-refractivity contribution in [2.24, 2.45) is 50.7 Å². The molecular weight excluding hydrogens is 446 g/mol. The number of methoxy groups -OCH3 is 1. The van der Waals surface area contributed by atoms with Crippen LogP contribution >= 0.6 is 0 Å². The third-order valence-electron chi connectivity index (χ3n) is 12.2. The van der Waals surface area contributed by atoms with Gasteiger partial charge in [0.2, 0.25) is 0 Å². The molecule has 0 radical (unpaired) electrons. The van der Waals surface area contributed by atoms with Crippen LogP contribution in [0.15, 0.2) is 11.6 Å². The van der Waals surface area contributed by atoms with E-state index in [0.29, 0.717) is 23.7 Å². The van der Waals surface area contributed by atoms with E-state index >= 15 is 0 Å². The Morgan fingerprint density at radius 3 is 2.14 bits per heavy atom. The van der Waals surface area contributed by atoms with Gasteiger partial charge in [0, 0.05) is 31.5 Å². The van der Waals surface area contributed by atoms with Crippen molar-refractivity contribution >= 4 is 11.6 Å². The number of hydrogen-bond donors (Lipinski definition) is 0. The summed E-state index contributed by atoms with van der Waals surface area (Å²) >= 11 is 0. The molecule has 4 aliphatic rings. The third kappa shape index (κ3) is 4.03. The predicted molar refractivity (Wildman–Crippen MR) is 143 cm³/mol. The Morgan fingerprint density at radius 1 is 0.889 bits per heavy atom. The fourth-order valence-electron chi connectivity index (χ4n) is 9.63. The lowest BCUT2D eigenvalue weighted by Gasteiger charge is -2.68. The number of Topliss-reactive ketones (excluding diaryl/α,β-unsaturated/α-hetero) is 2. The Kier molecular flexibility index (Phi) is 6.95. The van der Waals surface area contributed by atoms with Gasteiger partial charge >= 0.3 is 0 Å². The van der Waals surface area contributed by atoms with E-state index in [1.807, 2.05) is 27.0 Å². The molecule has 0 aromatic heterocycles. The molecule has 7 atom stereocenters. The second kappa shape index (κ2) is 9.07. The van der Waals surface area contributed by atoms with Crippen LogP contribution in [0.25, 0.3) is 0 Å². The number of carbonyl (C=O) groups excluding carboxylic acids is 2. The lowest BCUT2D eigenvalue weighted by molar-refractivity contribution is -0.191. The Labute approximate surface area is 219 Å². The molecule has 200 valence electrons. The van der Waals surface area contributed by atoms with Crippen LogP contribution in [-0.4, -0.2) is 25.3 Å². The van der Waals surface area contributed by atoms with Crippen LogP contribution in [0, 0.1) is 62.1 Å². The van der Waals surface area contributed by atoms with E-state index < -0.39 is 5.41 Å². The van der Waals surface area contributed by atoms with Gasteiger partial charge in [0.15, 0.2) is 5.78 Å². The smallest absolute Gasteiger partial charge is 0.178 e. The van der Waals surface area contributed by atoms with Gasteiger partial charge < -0.3 is 4.74 Å². The Balaban J connectivity index is 1.81. The number of ether oxygens (including phenoxy) is 1. The highest BCUT2D eigenvalue weighted by Gasteiger charge is 2.68. The summed E-state index contributed by atoms with van der Waals surface area (Å²) < 4.78 is 5.65. The number of allylic oxidation sites excluding steroid dienone is 2. The van der Waals surface area contributed by atoms with Crippen LogP contribution in [-0.2, 0) is 14.3 Å². The van der Waals surface area contributed by atoms with Crippen molar-refractivity contribution in [3.63, 3.8) is 0 Å². The Bertz CT molecular complexity index is 986. The molecule has 0 heterocycles. The molecule has 0 saturated heterocycles. The van der Waals surface area contributed by atoms with Gasteiger partial charge in [-0.1, -0.05) is 54.5 Å². The van der Waals surface area contributed by atoms with E-state index in [4.69, 9.17) is 4.74 Å². The molecule has 4 heteroatoms. The van der Waals surface area contributed by atoms with Crippen molar-refractivity contribution in [2.45, 2.75) is 106 Å². The van der Waals surface area contributed by atoms with Gasteiger partial charge in [0.1, 0.15) is 11.9 Å². The first kappa shape index (κ1) is 27.6. The maximum absolute atomic E-state index is 14.1. The standard InChI is InChI=1S/C32H49NO3/c1-28(2)13-9-21(20-36-8)10-15-31(6)23(11-14-28)24(34)17-26-30(5)18-22(19-33)27(35)29(3,4)25(30)12-16-32(26,31)7/h18,21,23,25-26H,9-17,20H2,1-8H3/t21-,23?,25-,26+,30-,31+,32+/m0/s1. The van der Waals surface area contributed by atoms with Gasteiger partial charge in [-0.25, -0.2) is 0 Å². The molecule has 36 heavy (non-hydrogen) atoms. The monoisotopic (exact) mass is 495 g/mol. The number of nitriles is 1.